The third-order valence-electron chi connectivity index (χ3n) is 15.2. The first kappa shape index (κ1) is 44.4. The van der Waals surface area contributed by atoms with Crippen LogP contribution in [-0.2, 0) is 31.5 Å². The van der Waals surface area contributed by atoms with Crippen LogP contribution < -0.4 is 30.6 Å². The molecule has 2 unspecified atom stereocenters. The molecule has 7 heterocycles. The second kappa shape index (κ2) is 16.3. The van der Waals surface area contributed by atoms with Crippen LogP contribution in [0, 0.1) is 28.4 Å². The zero-order chi connectivity index (χ0) is 47.4. The summed E-state index contributed by atoms with van der Waals surface area (Å²) < 4.78 is 78.5. The summed E-state index contributed by atoms with van der Waals surface area (Å²) in [4.78, 5) is 48.9. The fraction of sp³-hybridized carbons (Fsp3) is 0.478. The van der Waals surface area contributed by atoms with Crippen molar-refractivity contribution < 1.29 is 41.0 Å². The van der Waals surface area contributed by atoms with Crippen molar-refractivity contribution in [3.05, 3.63) is 81.9 Å². The number of nitriles is 1. The maximum absolute atomic E-state index is 15.7. The number of fused-ring (bicyclic) bond motifs is 2. The molecule has 0 radical (unpaired) electrons. The number of carbonyl (C=O) groups is 2. The predicted octanol–water partition coefficient (Wildman–Crippen LogP) is 4.10. The second-order valence-corrected chi connectivity index (χ2v) is 20.7. The number of rotatable bonds is 9. The molecule has 1 aliphatic carbocycles. The van der Waals surface area contributed by atoms with Crippen molar-refractivity contribution in [2.75, 3.05) is 62.8 Å². The number of piperidine rings is 1. The largest absolute Gasteiger partial charge is 0.453 e. The number of imide groups is 1. The Hall–Kier alpha value is -6.09. The average Bonchev–Trinajstić information content (AvgIpc) is 3.99. The zero-order valence-electron chi connectivity index (χ0n) is 37.4. The van der Waals surface area contributed by atoms with Gasteiger partial charge in [-0.1, -0.05) is 6.07 Å². The maximum Gasteiger partial charge on any atom is 0.329 e. The molecule has 68 heavy (non-hydrogen) atoms. The number of carbonyl (C=O) groups excluding carboxylic acids is 2. The van der Waals surface area contributed by atoms with Crippen LogP contribution in [0.4, 0.5) is 25.1 Å². The Morgan fingerprint density at radius 3 is 2.47 bits per heavy atom. The monoisotopic (exact) mass is 953 g/mol. The number of methoxy groups -OCH3 is 1. The van der Waals surface area contributed by atoms with Crippen LogP contribution in [0.25, 0.3) is 21.8 Å². The van der Waals surface area contributed by atoms with Gasteiger partial charge in [0, 0.05) is 76.7 Å². The van der Waals surface area contributed by atoms with E-state index in [1.54, 1.807) is 28.4 Å². The molecular formula is C46H49F2N11O8S. The van der Waals surface area contributed by atoms with Gasteiger partial charge >= 0.3 is 6.03 Å². The van der Waals surface area contributed by atoms with Crippen LogP contribution in [0.3, 0.4) is 0 Å². The van der Waals surface area contributed by atoms with E-state index in [1.165, 1.54) is 42.6 Å². The molecule has 3 aromatic carbocycles. The molecule has 6 fully saturated rings. The first-order chi connectivity index (χ1) is 32.6. The molecule has 11 rings (SSSR count). The van der Waals surface area contributed by atoms with Gasteiger partial charge in [-0.25, -0.2) is 23.7 Å². The first-order valence-electron chi connectivity index (χ1n) is 22.7. The van der Waals surface area contributed by atoms with Crippen molar-refractivity contribution in [1.82, 2.24) is 33.9 Å². The fourth-order valence-corrected chi connectivity index (χ4v) is 12.6. The highest BCUT2D eigenvalue weighted by Crippen LogP contribution is 2.53. The topological polar surface area (TPSA) is 223 Å². The van der Waals surface area contributed by atoms with Gasteiger partial charge in [-0.3, -0.25) is 29.1 Å². The van der Waals surface area contributed by atoms with Gasteiger partial charge in [-0.2, -0.15) is 23.1 Å². The third-order valence-corrected chi connectivity index (χ3v) is 16.3. The summed E-state index contributed by atoms with van der Waals surface area (Å²) in [7, 11) is -1.02. The molecule has 2 aromatic heterocycles. The lowest BCUT2D eigenvalue weighted by Crippen LogP contribution is -2.67. The summed E-state index contributed by atoms with van der Waals surface area (Å²) in [6.07, 6.45) is 5.65. The van der Waals surface area contributed by atoms with Crippen molar-refractivity contribution in [3.8, 4) is 17.6 Å². The maximum atomic E-state index is 15.7. The Labute approximate surface area is 389 Å². The number of hydrogen-bond donors (Lipinski definition) is 2. The molecular weight excluding hydrogens is 905 g/mol. The lowest BCUT2D eigenvalue weighted by atomic mass is 9.59. The molecule has 3 amide bonds. The van der Waals surface area contributed by atoms with Gasteiger partial charge in [-0.15, -0.1) is 0 Å². The van der Waals surface area contributed by atoms with E-state index in [2.05, 4.69) is 25.2 Å². The van der Waals surface area contributed by atoms with Crippen molar-refractivity contribution in [2.24, 2.45) is 17.6 Å². The molecule has 3 atom stereocenters. The van der Waals surface area contributed by atoms with E-state index in [1.807, 2.05) is 6.07 Å². The number of ether oxygens (including phenoxy) is 3. The number of benzene rings is 3. The van der Waals surface area contributed by atoms with Gasteiger partial charge in [0.15, 0.2) is 17.4 Å². The number of anilines is 2. The third kappa shape index (κ3) is 7.37. The van der Waals surface area contributed by atoms with Gasteiger partial charge in [0.2, 0.25) is 5.91 Å². The van der Waals surface area contributed by atoms with Crippen LogP contribution in [-0.4, -0.2) is 120 Å². The lowest BCUT2D eigenvalue weighted by Gasteiger charge is -2.62. The highest BCUT2D eigenvalue weighted by Gasteiger charge is 2.55. The van der Waals surface area contributed by atoms with E-state index >= 15 is 8.78 Å². The Kier molecular flexibility index (Phi) is 10.6. The van der Waals surface area contributed by atoms with Gasteiger partial charge in [0.1, 0.15) is 23.2 Å². The quantitative estimate of drug-likeness (QED) is 0.213. The number of halogens is 2. The Morgan fingerprint density at radius 2 is 1.75 bits per heavy atom. The van der Waals surface area contributed by atoms with Gasteiger partial charge in [0.05, 0.1) is 58.8 Å². The van der Waals surface area contributed by atoms with Gasteiger partial charge in [-0.05, 0) is 80.5 Å². The molecule has 0 bridgehead atoms. The molecule has 5 aromatic rings. The van der Waals surface area contributed by atoms with Crippen LogP contribution in [0.1, 0.15) is 68.2 Å². The van der Waals surface area contributed by atoms with E-state index < -0.39 is 40.0 Å². The Morgan fingerprint density at radius 1 is 0.971 bits per heavy atom. The Balaban J connectivity index is 0.724. The molecule has 5 saturated heterocycles. The first-order valence-corrected chi connectivity index (χ1v) is 24.2. The fourth-order valence-electron chi connectivity index (χ4n) is 11.7. The van der Waals surface area contributed by atoms with Crippen LogP contribution >= 0.6 is 0 Å². The van der Waals surface area contributed by atoms with E-state index in [4.69, 9.17) is 19.3 Å². The number of nitrogens with zero attached hydrogens (tertiary/aromatic N) is 9. The zero-order valence-corrected chi connectivity index (χ0v) is 38.2. The number of aromatic nitrogens is 4. The summed E-state index contributed by atoms with van der Waals surface area (Å²) in [5.41, 5.74) is 0.981. The summed E-state index contributed by atoms with van der Waals surface area (Å²) >= 11 is 0. The van der Waals surface area contributed by atoms with Crippen LogP contribution in [0.5, 0.6) is 11.5 Å². The molecule has 3 N–H and O–H groups in total. The SMILES string of the molecule is COC1CCN(S(N)(=O)=O)C1c1ccc(F)c(Oc2ccc3ncn([C@H]4COC5(CCN(C6CC7(C6)CN(c6cc8c(cc6F)c(N6CCC(=O)NC6=O)nn8C)C7)CC5)C4)c(=O)c3c2)c1C#N. The molecule has 356 valence electrons. The molecule has 22 heteroatoms. The number of likely N-dealkylation sites (tertiary alicyclic amines) is 1. The van der Waals surface area contributed by atoms with Crippen molar-refractivity contribution in [3.63, 3.8) is 0 Å². The van der Waals surface area contributed by atoms with Crippen molar-refractivity contribution >= 4 is 55.5 Å². The lowest BCUT2D eigenvalue weighted by molar-refractivity contribution is -0.120. The normalized spacial score (nSPS) is 24.2. The number of nitrogens with one attached hydrogen (secondary N) is 1. The van der Waals surface area contributed by atoms with Crippen LogP contribution in [0.2, 0.25) is 0 Å². The standard InChI is InChI=1S/C46H49F2N11O8S/c1-54-36-17-37(34(48)16-31(36)42(53-54)57-11-8-39(60)52-44(57)62)56-23-45(24-56)18-26(19-45)55-13-9-46(10-14-55)20-27(22-66-46)58-25-51-35-6-3-28(15-30(35)43(58)61)67-41-32(21-49)29(4-5-33(41)47)40-38(65-2)7-12-59(40)68(50,63)64/h3-6,15-17,25-27,38,40H,7-14,18-20,22-24H2,1-2H3,(H2,50,63,64)(H,52,60,62)/t27-,38?,40?/m1/s1. The number of urea groups is 1. The predicted molar refractivity (Wildman–Crippen MR) is 242 cm³/mol. The number of aryl methyl sites for hydroxylation is 1. The number of amides is 3. The van der Waals surface area contributed by atoms with E-state index in [9.17, 15) is 28.1 Å². The highest BCUT2D eigenvalue weighted by molar-refractivity contribution is 7.86. The molecule has 5 aliphatic heterocycles. The van der Waals surface area contributed by atoms with Gasteiger partial charge in [0.25, 0.3) is 15.8 Å². The Bertz CT molecular complexity index is 3140. The van der Waals surface area contributed by atoms with Gasteiger partial charge < -0.3 is 24.0 Å². The van der Waals surface area contributed by atoms with Crippen LogP contribution in [0.15, 0.2) is 53.6 Å². The molecule has 2 spiro atoms. The second-order valence-electron chi connectivity index (χ2n) is 19.2. The minimum absolute atomic E-state index is 0.0510. The summed E-state index contributed by atoms with van der Waals surface area (Å²) in [5.74, 6) is -1.60. The minimum atomic E-state index is -4.20. The van der Waals surface area contributed by atoms with Crippen molar-refractivity contribution in [2.45, 2.75) is 74.8 Å². The molecule has 19 nitrogen and oxygen atoms in total. The number of hydrogen-bond acceptors (Lipinski definition) is 13. The summed E-state index contributed by atoms with van der Waals surface area (Å²) in [6.45, 7) is 3.78. The number of nitrogens with two attached hydrogens (primary N) is 1. The van der Waals surface area contributed by atoms with Crippen molar-refractivity contribution in [1.29, 1.82) is 5.26 Å². The summed E-state index contributed by atoms with van der Waals surface area (Å²) in [5, 5.41) is 23.3. The van der Waals surface area contributed by atoms with E-state index in [-0.39, 0.29) is 76.1 Å². The average molecular weight is 954 g/mol. The molecule has 6 aliphatic rings. The summed E-state index contributed by atoms with van der Waals surface area (Å²) in [6, 6.07) is 10.8. The van der Waals surface area contributed by atoms with E-state index in [0.29, 0.717) is 53.4 Å². The minimum Gasteiger partial charge on any atom is -0.453 e. The molecule has 1 saturated carbocycles. The smallest absolute Gasteiger partial charge is 0.329 e. The highest BCUT2D eigenvalue weighted by atomic mass is 32.2. The van der Waals surface area contributed by atoms with E-state index in [0.717, 1.165) is 62.2 Å².